The summed E-state index contributed by atoms with van der Waals surface area (Å²) in [6.07, 6.45) is 3.03. The molecule has 4 heterocycles. The zero-order valence-electron chi connectivity index (χ0n) is 16.8. The Morgan fingerprint density at radius 2 is 2.10 bits per heavy atom. The number of carbonyl (C=O) groups is 1. The van der Waals surface area contributed by atoms with Gasteiger partial charge in [0.1, 0.15) is 17.5 Å². The minimum atomic E-state index is -0.235. The fraction of sp³-hybridized carbons (Fsp3) is 0.286. The first-order chi connectivity index (χ1) is 15.1. The van der Waals surface area contributed by atoms with Gasteiger partial charge in [0, 0.05) is 18.5 Å². The number of ether oxygens (including phenoxy) is 1. The number of aromatic amines is 1. The van der Waals surface area contributed by atoms with Crippen LogP contribution in [0, 0.1) is 0 Å². The van der Waals surface area contributed by atoms with Crippen molar-refractivity contribution >= 4 is 45.3 Å². The molecule has 5 rings (SSSR count). The maximum absolute atomic E-state index is 13.3. The van der Waals surface area contributed by atoms with E-state index in [9.17, 15) is 4.79 Å². The van der Waals surface area contributed by atoms with Gasteiger partial charge in [-0.25, -0.2) is 19.9 Å². The zero-order valence-corrected chi connectivity index (χ0v) is 17.6. The van der Waals surface area contributed by atoms with Gasteiger partial charge in [0.15, 0.2) is 11.5 Å². The molecule has 4 aromatic rings. The molecule has 1 amide bonds. The quantitative estimate of drug-likeness (QED) is 0.504. The number of H-pyrrole nitrogens is 1. The zero-order chi connectivity index (χ0) is 21.4. The van der Waals surface area contributed by atoms with Crippen molar-refractivity contribution in [1.29, 1.82) is 0 Å². The lowest BCUT2D eigenvalue weighted by Crippen LogP contribution is -2.41. The highest BCUT2D eigenvalue weighted by Gasteiger charge is 2.24. The molecule has 1 saturated heterocycles. The Hall–Kier alpha value is -3.30. The van der Waals surface area contributed by atoms with Crippen LogP contribution in [-0.2, 0) is 4.74 Å². The smallest absolute Gasteiger partial charge is 0.273 e. The van der Waals surface area contributed by atoms with Crippen LogP contribution in [0.1, 0.15) is 29.1 Å². The van der Waals surface area contributed by atoms with Crippen LogP contribution in [0.4, 0.5) is 5.82 Å². The van der Waals surface area contributed by atoms with Crippen molar-refractivity contribution in [3.05, 3.63) is 53.3 Å². The summed E-state index contributed by atoms with van der Waals surface area (Å²) in [7, 11) is 0. The van der Waals surface area contributed by atoms with E-state index in [-0.39, 0.29) is 11.9 Å². The van der Waals surface area contributed by atoms with E-state index in [0.717, 1.165) is 5.39 Å². The first-order valence-corrected chi connectivity index (χ1v) is 10.4. The number of morpholine rings is 1. The third-order valence-corrected chi connectivity index (χ3v) is 5.66. The van der Waals surface area contributed by atoms with Gasteiger partial charge in [0.25, 0.3) is 5.91 Å². The van der Waals surface area contributed by atoms with Gasteiger partial charge in [0.05, 0.1) is 36.3 Å². The van der Waals surface area contributed by atoms with Crippen molar-refractivity contribution in [2.24, 2.45) is 0 Å². The minimum Gasteiger partial charge on any atom is -0.378 e. The predicted molar refractivity (Wildman–Crippen MR) is 117 cm³/mol. The molecule has 1 fully saturated rings. The third kappa shape index (κ3) is 3.66. The first-order valence-electron chi connectivity index (χ1n) is 9.98. The van der Waals surface area contributed by atoms with Gasteiger partial charge in [-0.15, -0.1) is 0 Å². The number of rotatable bonds is 4. The van der Waals surface area contributed by atoms with Crippen LogP contribution in [0.3, 0.4) is 0 Å². The summed E-state index contributed by atoms with van der Waals surface area (Å²) in [5.74, 6) is 0.470. The van der Waals surface area contributed by atoms with Gasteiger partial charge in [-0.05, 0) is 24.4 Å². The number of halogens is 1. The number of hydrogen-bond donors (Lipinski definition) is 2. The highest BCUT2D eigenvalue weighted by Crippen LogP contribution is 2.30. The highest BCUT2D eigenvalue weighted by molar-refractivity contribution is 6.36. The van der Waals surface area contributed by atoms with Crippen molar-refractivity contribution < 1.29 is 9.53 Å². The van der Waals surface area contributed by atoms with Gasteiger partial charge >= 0.3 is 0 Å². The Balaban J connectivity index is 1.55. The molecule has 2 N–H and O–H groups in total. The number of nitrogens with one attached hydrogen (secondary N) is 2. The van der Waals surface area contributed by atoms with Crippen molar-refractivity contribution in [2.45, 2.75) is 13.0 Å². The molecule has 1 aromatic carbocycles. The summed E-state index contributed by atoms with van der Waals surface area (Å²) in [5.41, 5.74) is 2.34. The van der Waals surface area contributed by atoms with Crippen molar-refractivity contribution in [1.82, 2.24) is 29.8 Å². The van der Waals surface area contributed by atoms with Crippen LogP contribution in [0.25, 0.3) is 21.9 Å². The molecule has 10 heteroatoms. The topological polar surface area (TPSA) is 109 Å². The largest absolute Gasteiger partial charge is 0.378 e. The molecule has 1 aliphatic heterocycles. The maximum Gasteiger partial charge on any atom is 0.273 e. The van der Waals surface area contributed by atoms with Gasteiger partial charge in [-0.1, -0.05) is 23.7 Å². The molecule has 31 heavy (non-hydrogen) atoms. The molecule has 0 spiro atoms. The first kappa shape index (κ1) is 19.7. The fourth-order valence-corrected chi connectivity index (χ4v) is 4.01. The molecular weight excluding hydrogens is 418 g/mol. The summed E-state index contributed by atoms with van der Waals surface area (Å²) in [6.45, 7) is 4.06. The lowest BCUT2D eigenvalue weighted by Gasteiger charge is -2.27. The second kappa shape index (κ2) is 8.09. The molecule has 9 nitrogen and oxygen atoms in total. The number of fused-ring (bicyclic) bond motifs is 2. The lowest BCUT2D eigenvalue weighted by molar-refractivity contribution is 0.0300. The molecule has 0 aliphatic carbocycles. The predicted octanol–water partition coefficient (Wildman–Crippen LogP) is 3.20. The maximum atomic E-state index is 13.3. The number of anilines is 1. The van der Waals surface area contributed by atoms with E-state index in [0.29, 0.717) is 65.1 Å². The second-order valence-electron chi connectivity index (χ2n) is 7.33. The number of imidazole rings is 1. The molecule has 158 valence electrons. The van der Waals surface area contributed by atoms with E-state index in [1.54, 1.807) is 17.3 Å². The molecule has 0 saturated carbocycles. The average molecular weight is 438 g/mol. The molecule has 1 aliphatic rings. The van der Waals surface area contributed by atoms with Crippen LogP contribution in [-0.4, -0.2) is 62.0 Å². The lowest BCUT2D eigenvalue weighted by atomic mass is 10.0. The normalized spacial score (nSPS) is 15.4. The minimum absolute atomic E-state index is 0.145. The summed E-state index contributed by atoms with van der Waals surface area (Å²) in [4.78, 5) is 35.5. The Labute approximate surface area is 182 Å². The van der Waals surface area contributed by atoms with Crippen molar-refractivity contribution in [3.8, 4) is 0 Å². The molecule has 1 atom stereocenters. The number of amides is 1. The molecular formula is C21H20ClN7O2. The number of pyridine rings is 1. The Morgan fingerprint density at radius 3 is 2.94 bits per heavy atom. The fourth-order valence-electron chi connectivity index (χ4n) is 3.73. The van der Waals surface area contributed by atoms with E-state index < -0.39 is 0 Å². The van der Waals surface area contributed by atoms with Crippen molar-refractivity contribution in [3.63, 3.8) is 0 Å². The van der Waals surface area contributed by atoms with Crippen molar-refractivity contribution in [2.75, 3.05) is 31.6 Å². The summed E-state index contributed by atoms with van der Waals surface area (Å²) < 4.78 is 5.38. The molecule has 1 unspecified atom stereocenters. The standard InChI is InChI=1S/C21H20ClN7O2/c1-12(27-20-18-19(24-10-23-18)25-11-26-20)15-9-13-3-2-4-14(22)16(13)17(28-15)21(30)29-5-7-31-8-6-29/h2-4,9-12H,5-8H2,1H3,(H2,23,24,25,26,27). The highest BCUT2D eigenvalue weighted by atomic mass is 35.5. The summed E-state index contributed by atoms with van der Waals surface area (Å²) in [6, 6.07) is 7.29. The van der Waals surface area contributed by atoms with E-state index >= 15 is 0 Å². The SMILES string of the molecule is CC(Nc1ncnc2nc[nH]c12)c1cc2cccc(Cl)c2c(C(=O)N2CCOCC2)n1. The summed E-state index contributed by atoms with van der Waals surface area (Å²) in [5, 5.41) is 5.37. The van der Waals surface area contributed by atoms with Crippen LogP contribution in [0.15, 0.2) is 36.9 Å². The number of benzene rings is 1. The number of carbonyl (C=O) groups excluding carboxylic acids is 1. The monoisotopic (exact) mass is 437 g/mol. The van der Waals surface area contributed by atoms with E-state index in [4.69, 9.17) is 21.3 Å². The number of hydrogen-bond acceptors (Lipinski definition) is 7. The Kier molecular flexibility index (Phi) is 5.13. The number of nitrogens with zero attached hydrogens (tertiary/aromatic N) is 5. The van der Waals surface area contributed by atoms with Crippen LogP contribution < -0.4 is 5.32 Å². The van der Waals surface area contributed by atoms with Crippen LogP contribution in [0.5, 0.6) is 0 Å². The molecule has 0 radical (unpaired) electrons. The number of aromatic nitrogens is 5. The average Bonchev–Trinajstić information content (AvgIpc) is 3.28. The van der Waals surface area contributed by atoms with E-state index in [1.165, 1.54) is 6.33 Å². The van der Waals surface area contributed by atoms with E-state index in [2.05, 4.69) is 25.3 Å². The van der Waals surface area contributed by atoms with Gasteiger partial charge < -0.3 is 19.9 Å². The van der Waals surface area contributed by atoms with Gasteiger partial charge in [-0.3, -0.25) is 4.79 Å². The molecule has 3 aromatic heterocycles. The Bertz CT molecular complexity index is 1270. The molecule has 0 bridgehead atoms. The van der Waals surface area contributed by atoms with E-state index in [1.807, 2.05) is 25.1 Å². The third-order valence-electron chi connectivity index (χ3n) is 5.35. The van der Waals surface area contributed by atoms with Crippen LogP contribution >= 0.6 is 11.6 Å². The van der Waals surface area contributed by atoms with Gasteiger partial charge in [-0.2, -0.15) is 0 Å². The Morgan fingerprint density at radius 1 is 1.26 bits per heavy atom. The van der Waals surface area contributed by atoms with Crippen LogP contribution in [0.2, 0.25) is 5.02 Å². The summed E-state index contributed by atoms with van der Waals surface area (Å²) >= 11 is 6.48. The second-order valence-corrected chi connectivity index (χ2v) is 7.73. The van der Waals surface area contributed by atoms with Gasteiger partial charge in [0.2, 0.25) is 0 Å².